The highest BCUT2D eigenvalue weighted by molar-refractivity contribution is 9.10. The zero-order valence-corrected chi connectivity index (χ0v) is 10.1. The Hall–Kier alpha value is -0.680. The van der Waals surface area contributed by atoms with E-state index in [9.17, 15) is 0 Å². The highest BCUT2D eigenvalue weighted by atomic mass is 79.9. The van der Waals surface area contributed by atoms with Crippen LogP contribution in [0.5, 0.6) is 0 Å². The lowest BCUT2D eigenvalue weighted by Gasteiger charge is -2.18. The van der Waals surface area contributed by atoms with E-state index in [4.69, 9.17) is 0 Å². The summed E-state index contributed by atoms with van der Waals surface area (Å²) in [5.74, 6) is 0.929. The van der Waals surface area contributed by atoms with Crippen LogP contribution in [0.3, 0.4) is 0 Å². The molecule has 1 aromatic heterocycles. The Morgan fingerprint density at radius 3 is 3.00 bits per heavy atom. The maximum atomic E-state index is 4.20. The van der Waals surface area contributed by atoms with Gasteiger partial charge in [0.05, 0.1) is 4.47 Å². The van der Waals surface area contributed by atoms with Crippen LogP contribution in [0.4, 0.5) is 5.82 Å². The van der Waals surface area contributed by atoms with Gasteiger partial charge in [-0.25, -0.2) is 9.97 Å². The Kier molecular flexibility index (Phi) is 4.82. The van der Waals surface area contributed by atoms with Crippen molar-refractivity contribution in [1.82, 2.24) is 15.3 Å². The van der Waals surface area contributed by atoms with Gasteiger partial charge in [0, 0.05) is 26.3 Å². The summed E-state index contributed by atoms with van der Waals surface area (Å²) >= 11 is 3.42. The van der Waals surface area contributed by atoms with Gasteiger partial charge >= 0.3 is 0 Å². The van der Waals surface area contributed by atoms with Gasteiger partial charge in [0.25, 0.3) is 0 Å². The molecule has 0 fully saturated rings. The molecular formula is C9H15BrN4. The van der Waals surface area contributed by atoms with E-state index in [1.54, 1.807) is 12.5 Å². The van der Waals surface area contributed by atoms with Gasteiger partial charge < -0.3 is 10.2 Å². The minimum atomic E-state index is 0.929. The molecule has 0 radical (unpaired) electrons. The van der Waals surface area contributed by atoms with Crippen LogP contribution in [-0.4, -0.2) is 36.6 Å². The fraction of sp³-hybridized carbons (Fsp3) is 0.556. The topological polar surface area (TPSA) is 41.0 Å². The van der Waals surface area contributed by atoms with Crippen LogP contribution in [0.25, 0.3) is 0 Å². The summed E-state index contributed by atoms with van der Waals surface area (Å²) in [6, 6.07) is 0. The molecule has 5 heteroatoms. The molecule has 0 bridgehead atoms. The van der Waals surface area contributed by atoms with Crippen molar-refractivity contribution >= 4 is 21.7 Å². The SMILES string of the molecule is CCNCCN(C)c1ncncc1Br. The first-order valence-corrected chi connectivity index (χ1v) is 5.42. The van der Waals surface area contributed by atoms with Gasteiger partial charge in [0.1, 0.15) is 12.1 Å². The Labute approximate surface area is 92.9 Å². The molecule has 0 amide bonds. The molecule has 0 spiro atoms. The smallest absolute Gasteiger partial charge is 0.146 e. The number of nitrogens with one attached hydrogen (secondary N) is 1. The van der Waals surface area contributed by atoms with E-state index >= 15 is 0 Å². The molecule has 1 N–H and O–H groups in total. The molecule has 0 aromatic carbocycles. The van der Waals surface area contributed by atoms with Gasteiger partial charge in [0.2, 0.25) is 0 Å². The first-order valence-electron chi connectivity index (χ1n) is 4.63. The van der Waals surface area contributed by atoms with Gasteiger partial charge in [-0.1, -0.05) is 6.92 Å². The Morgan fingerprint density at radius 2 is 2.36 bits per heavy atom. The van der Waals surface area contributed by atoms with Gasteiger partial charge in [-0.15, -0.1) is 0 Å². The van der Waals surface area contributed by atoms with E-state index in [-0.39, 0.29) is 0 Å². The van der Waals surface area contributed by atoms with E-state index in [0.717, 1.165) is 29.9 Å². The van der Waals surface area contributed by atoms with Crippen molar-refractivity contribution in [3.8, 4) is 0 Å². The van der Waals surface area contributed by atoms with E-state index < -0.39 is 0 Å². The third-order valence-corrected chi connectivity index (χ3v) is 2.44. The van der Waals surface area contributed by atoms with Crippen molar-refractivity contribution in [2.45, 2.75) is 6.92 Å². The molecule has 0 atom stereocenters. The van der Waals surface area contributed by atoms with Crippen molar-refractivity contribution in [3.05, 3.63) is 17.0 Å². The second-order valence-corrected chi connectivity index (χ2v) is 3.82. The predicted octanol–water partition coefficient (Wildman–Crippen LogP) is 1.28. The molecule has 0 saturated carbocycles. The molecule has 14 heavy (non-hydrogen) atoms. The molecule has 0 unspecified atom stereocenters. The number of rotatable bonds is 5. The van der Waals surface area contributed by atoms with Crippen LogP contribution in [0, 0.1) is 0 Å². The van der Waals surface area contributed by atoms with Gasteiger partial charge in [-0.3, -0.25) is 0 Å². The number of anilines is 1. The van der Waals surface area contributed by atoms with Crippen LogP contribution in [0.2, 0.25) is 0 Å². The summed E-state index contributed by atoms with van der Waals surface area (Å²) in [4.78, 5) is 10.2. The molecule has 0 aliphatic carbocycles. The number of hydrogen-bond donors (Lipinski definition) is 1. The first kappa shape index (κ1) is 11.4. The van der Waals surface area contributed by atoms with Crippen molar-refractivity contribution in [3.63, 3.8) is 0 Å². The first-order chi connectivity index (χ1) is 6.75. The fourth-order valence-corrected chi connectivity index (χ4v) is 1.64. The van der Waals surface area contributed by atoms with Crippen molar-refractivity contribution in [1.29, 1.82) is 0 Å². The number of hydrogen-bond acceptors (Lipinski definition) is 4. The molecule has 78 valence electrons. The minimum absolute atomic E-state index is 0.929. The van der Waals surface area contributed by atoms with Crippen LogP contribution in [-0.2, 0) is 0 Å². The summed E-state index contributed by atoms with van der Waals surface area (Å²) < 4.78 is 0.930. The predicted molar refractivity (Wildman–Crippen MR) is 61.5 cm³/mol. The second-order valence-electron chi connectivity index (χ2n) is 2.97. The second kappa shape index (κ2) is 5.93. The normalized spacial score (nSPS) is 10.2. The van der Waals surface area contributed by atoms with Crippen LogP contribution < -0.4 is 10.2 Å². The fourth-order valence-electron chi connectivity index (χ4n) is 1.12. The van der Waals surface area contributed by atoms with Crippen LogP contribution in [0.15, 0.2) is 17.0 Å². The molecule has 1 heterocycles. The summed E-state index contributed by atoms with van der Waals surface area (Å²) in [7, 11) is 2.02. The number of aromatic nitrogens is 2. The highest BCUT2D eigenvalue weighted by Crippen LogP contribution is 2.19. The van der Waals surface area contributed by atoms with E-state index in [0.29, 0.717) is 0 Å². The maximum Gasteiger partial charge on any atom is 0.146 e. The average molecular weight is 259 g/mol. The van der Waals surface area contributed by atoms with E-state index in [1.165, 1.54) is 0 Å². The van der Waals surface area contributed by atoms with Crippen molar-refractivity contribution in [2.24, 2.45) is 0 Å². The van der Waals surface area contributed by atoms with Crippen LogP contribution in [0.1, 0.15) is 6.92 Å². The lowest BCUT2D eigenvalue weighted by Crippen LogP contribution is -2.29. The number of nitrogens with zero attached hydrogens (tertiary/aromatic N) is 3. The van der Waals surface area contributed by atoms with Gasteiger partial charge in [-0.05, 0) is 22.5 Å². The third kappa shape index (κ3) is 3.23. The van der Waals surface area contributed by atoms with Crippen LogP contribution >= 0.6 is 15.9 Å². The molecule has 4 nitrogen and oxygen atoms in total. The van der Waals surface area contributed by atoms with E-state index in [2.05, 4.69) is 43.0 Å². The molecule has 0 saturated heterocycles. The van der Waals surface area contributed by atoms with Crippen molar-refractivity contribution in [2.75, 3.05) is 31.6 Å². The molecule has 1 rings (SSSR count). The quantitative estimate of drug-likeness (QED) is 0.809. The monoisotopic (exact) mass is 258 g/mol. The summed E-state index contributed by atoms with van der Waals surface area (Å²) in [6.07, 6.45) is 3.32. The van der Waals surface area contributed by atoms with Crippen molar-refractivity contribution < 1.29 is 0 Å². The zero-order valence-electron chi connectivity index (χ0n) is 8.50. The number of halogens is 1. The number of likely N-dealkylation sites (N-methyl/N-ethyl adjacent to an activating group) is 2. The summed E-state index contributed by atoms with van der Waals surface area (Å²) in [5.41, 5.74) is 0. The Morgan fingerprint density at radius 1 is 1.57 bits per heavy atom. The lowest BCUT2D eigenvalue weighted by molar-refractivity contribution is 0.701. The minimum Gasteiger partial charge on any atom is -0.357 e. The molecule has 0 aliphatic rings. The van der Waals surface area contributed by atoms with Gasteiger partial charge in [-0.2, -0.15) is 0 Å². The summed E-state index contributed by atoms with van der Waals surface area (Å²) in [5, 5.41) is 3.27. The summed E-state index contributed by atoms with van der Waals surface area (Å²) in [6.45, 7) is 4.99. The average Bonchev–Trinajstić information content (AvgIpc) is 2.18. The maximum absolute atomic E-state index is 4.20. The zero-order chi connectivity index (χ0) is 10.4. The van der Waals surface area contributed by atoms with E-state index in [1.807, 2.05) is 7.05 Å². The molecule has 0 aliphatic heterocycles. The van der Waals surface area contributed by atoms with Gasteiger partial charge in [0.15, 0.2) is 0 Å². The molecular weight excluding hydrogens is 244 g/mol. The largest absolute Gasteiger partial charge is 0.357 e. The Balaban J connectivity index is 2.51. The molecule has 1 aromatic rings. The standard InChI is InChI=1S/C9H15BrN4/c1-3-11-4-5-14(2)9-8(10)6-12-7-13-9/h6-7,11H,3-5H2,1-2H3. The Bertz CT molecular complexity index is 279. The highest BCUT2D eigenvalue weighted by Gasteiger charge is 2.05. The lowest BCUT2D eigenvalue weighted by atomic mass is 10.5. The third-order valence-electron chi connectivity index (χ3n) is 1.88.